The molecule has 7 heteroatoms. The van der Waals surface area contributed by atoms with Gasteiger partial charge in [-0.3, -0.25) is 9.69 Å². The second kappa shape index (κ2) is 9.60. The maximum Gasteiger partial charge on any atom is 0.227 e. The summed E-state index contributed by atoms with van der Waals surface area (Å²) < 4.78 is 5.22. The molecule has 2 heterocycles. The Hall–Kier alpha value is -2.41. The van der Waals surface area contributed by atoms with Crippen LogP contribution in [0.4, 0.5) is 0 Å². The van der Waals surface area contributed by atoms with Crippen LogP contribution in [0, 0.1) is 0 Å². The van der Waals surface area contributed by atoms with Gasteiger partial charge in [0.25, 0.3) is 0 Å². The molecular weight excluding hydrogens is 418 g/mol. The Bertz CT molecular complexity index is 998. The Labute approximate surface area is 185 Å². The van der Waals surface area contributed by atoms with Gasteiger partial charge >= 0.3 is 0 Å². The van der Waals surface area contributed by atoms with Crippen LogP contribution in [0.3, 0.4) is 0 Å². The molecule has 0 radical (unpaired) electrons. The number of carbonyl (C=O) groups is 1. The lowest BCUT2D eigenvalue weighted by molar-refractivity contribution is -0.132. The Morgan fingerprint density at radius 2 is 1.83 bits per heavy atom. The van der Waals surface area contributed by atoms with Gasteiger partial charge in [-0.15, -0.1) is 11.3 Å². The van der Waals surface area contributed by atoms with Crippen molar-refractivity contribution >= 4 is 28.8 Å². The van der Waals surface area contributed by atoms with E-state index in [1.807, 2.05) is 53.4 Å². The molecule has 0 N–H and O–H groups in total. The Kier molecular flexibility index (Phi) is 6.67. The van der Waals surface area contributed by atoms with Crippen LogP contribution in [0.15, 0.2) is 53.9 Å². The van der Waals surface area contributed by atoms with Gasteiger partial charge in [0, 0.05) is 42.1 Å². The molecule has 0 saturated carbocycles. The first-order valence-corrected chi connectivity index (χ1v) is 11.2. The van der Waals surface area contributed by atoms with E-state index in [9.17, 15) is 4.79 Å². The highest BCUT2D eigenvalue weighted by Crippen LogP contribution is 2.25. The van der Waals surface area contributed by atoms with Gasteiger partial charge in [-0.2, -0.15) is 0 Å². The van der Waals surface area contributed by atoms with Crippen LogP contribution in [-0.2, 0) is 17.8 Å². The average molecular weight is 442 g/mol. The summed E-state index contributed by atoms with van der Waals surface area (Å²) in [5.74, 6) is 0.981. The highest BCUT2D eigenvalue weighted by atomic mass is 35.5. The normalized spacial score (nSPS) is 14.7. The molecule has 0 bridgehead atoms. The predicted molar refractivity (Wildman–Crippen MR) is 121 cm³/mol. The molecule has 156 valence electrons. The van der Waals surface area contributed by atoms with Crippen molar-refractivity contribution in [2.24, 2.45) is 0 Å². The van der Waals surface area contributed by atoms with Crippen LogP contribution in [-0.4, -0.2) is 54.0 Å². The van der Waals surface area contributed by atoms with Gasteiger partial charge in [0.2, 0.25) is 5.91 Å². The fraction of sp³-hybridized carbons (Fsp3) is 0.304. The Morgan fingerprint density at radius 3 is 2.53 bits per heavy atom. The molecule has 30 heavy (non-hydrogen) atoms. The van der Waals surface area contributed by atoms with Gasteiger partial charge in [0.1, 0.15) is 10.8 Å². The summed E-state index contributed by atoms with van der Waals surface area (Å²) in [6, 6.07) is 15.5. The monoisotopic (exact) mass is 441 g/mol. The summed E-state index contributed by atoms with van der Waals surface area (Å²) in [5, 5.41) is 3.85. The number of hydrogen-bond acceptors (Lipinski definition) is 5. The summed E-state index contributed by atoms with van der Waals surface area (Å²) >= 11 is 7.87. The summed E-state index contributed by atoms with van der Waals surface area (Å²) in [6.07, 6.45) is 0.359. The lowest BCUT2D eigenvalue weighted by Crippen LogP contribution is -2.48. The minimum absolute atomic E-state index is 0.138. The van der Waals surface area contributed by atoms with Crippen molar-refractivity contribution in [1.29, 1.82) is 0 Å². The number of halogens is 1. The number of carbonyl (C=O) groups excluding carboxylic acids is 1. The lowest BCUT2D eigenvalue weighted by atomic mass is 10.1. The topological polar surface area (TPSA) is 45.7 Å². The van der Waals surface area contributed by atoms with Crippen LogP contribution < -0.4 is 4.74 Å². The molecule has 2 aromatic carbocycles. The largest absolute Gasteiger partial charge is 0.497 e. The van der Waals surface area contributed by atoms with Crippen molar-refractivity contribution in [3.63, 3.8) is 0 Å². The number of piperazine rings is 1. The van der Waals surface area contributed by atoms with E-state index in [4.69, 9.17) is 21.3 Å². The molecular formula is C23H24ClN3O2S. The third kappa shape index (κ3) is 5.01. The van der Waals surface area contributed by atoms with E-state index in [1.54, 1.807) is 18.4 Å². The van der Waals surface area contributed by atoms with Crippen LogP contribution in [0.1, 0.15) is 10.6 Å². The van der Waals surface area contributed by atoms with Crippen LogP contribution in [0.25, 0.3) is 11.3 Å². The molecule has 3 aromatic rings. The molecule has 1 aliphatic rings. The first kappa shape index (κ1) is 20.8. The Balaban J connectivity index is 1.29. The molecule has 0 spiro atoms. The minimum atomic E-state index is 0.138. The number of nitrogens with zero attached hydrogens (tertiary/aromatic N) is 3. The molecule has 0 atom stereocenters. The van der Waals surface area contributed by atoms with Gasteiger partial charge in [-0.05, 0) is 35.9 Å². The smallest absolute Gasteiger partial charge is 0.227 e. The van der Waals surface area contributed by atoms with Crippen molar-refractivity contribution in [2.75, 3.05) is 33.3 Å². The summed E-state index contributed by atoms with van der Waals surface area (Å²) in [5.41, 5.74) is 2.97. The molecule has 4 rings (SSSR count). The first-order chi connectivity index (χ1) is 14.6. The third-order valence-electron chi connectivity index (χ3n) is 5.32. The van der Waals surface area contributed by atoms with E-state index in [0.717, 1.165) is 60.3 Å². The minimum Gasteiger partial charge on any atom is -0.497 e. The standard InChI is InChI=1S/C23H24ClN3O2S/c1-29-19-8-6-17(7-9-19)21-16-30-22(25-21)15-26-10-12-27(13-11-26)23(28)14-18-4-2-3-5-20(18)24/h2-9,16H,10-15H2,1H3. The van der Waals surface area contributed by atoms with E-state index >= 15 is 0 Å². The molecule has 0 aliphatic carbocycles. The molecule has 1 amide bonds. The predicted octanol–water partition coefficient (Wildman–Crippen LogP) is 4.36. The molecule has 1 saturated heterocycles. The first-order valence-electron chi connectivity index (χ1n) is 9.95. The van der Waals surface area contributed by atoms with E-state index < -0.39 is 0 Å². The number of ether oxygens (including phenoxy) is 1. The van der Waals surface area contributed by atoms with Crippen LogP contribution in [0.2, 0.25) is 5.02 Å². The van der Waals surface area contributed by atoms with Gasteiger partial charge in [0.05, 0.1) is 25.8 Å². The van der Waals surface area contributed by atoms with Gasteiger partial charge in [0.15, 0.2) is 0 Å². The number of benzene rings is 2. The van der Waals surface area contributed by atoms with Gasteiger partial charge < -0.3 is 9.64 Å². The second-order valence-corrected chi connectivity index (χ2v) is 8.63. The SMILES string of the molecule is COc1ccc(-c2csc(CN3CCN(C(=O)Cc4ccccc4Cl)CC3)n2)cc1. The van der Waals surface area contributed by atoms with Gasteiger partial charge in [-0.1, -0.05) is 29.8 Å². The van der Waals surface area contributed by atoms with E-state index in [2.05, 4.69) is 10.3 Å². The zero-order valence-corrected chi connectivity index (χ0v) is 18.5. The number of rotatable bonds is 6. The fourth-order valence-corrected chi connectivity index (χ4v) is 4.59. The van der Waals surface area contributed by atoms with Gasteiger partial charge in [-0.25, -0.2) is 4.98 Å². The quantitative estimate of drug-likeness (QED) is 0.570. The molecule has 1 aliphatic heterocycles. The van der Waals surface area contributed by atoms with Crippen LogP contribution >= 0.6 is 22.9 Å². The van der Waals surface area contributed by atoms with E-state index in [-0.39, 0.29) is 5.91 Å². The zero-order valence-electron chi connectivity index (χ0n) is 16.9. The maximum absolute atomic E-state index is 12.6. The van der Waals surface area contributed by atoms with Crippen molar-refractivity contribution < 1.29 is 9.53 Å². The number of methoxy groups -OCH3 is 1. The number of hydrogen-bond donors (Lipinski definition) is 0. The Morgan fingerprint density at radius 1 is 1.10 bits per heavy atom. The number of aromatic nitrogens is 1. The highest BCUT2D eigenvalue weighted by molar-refractivity contribution is 7.09. The number of amides is 1. The van der Waals surface area contributed by atoms with E-state index in [0.29, 0.717) is 11.4 Å². The van der Waals surface area contributed by atoms with Crippen LogP contribution in [0.5, 0.6) is 5.75 Å². The van der Waals surface area contributed by atoms with E-state index in [1.165, 1.54) is 0 Å². The van der Waals surface area contributed by atoms with Crippen molar-refractivity contribution in [3.8, 4) is 17.0 Å². The number of thiazole rings is 1. The molecule has 0 unspecified atom stereocenters. The maximum atomic E-state index is 12.6. The second-order valence-electron chi connectivity index (χ2n) is 7.28. The molecule has 5 nitrogen and oxygen atoms in total. The fourth-order valence-electron chi connectivity index (χ4n) is 3.54. The highest BCUT2D eigenvalue weighted by Gasteiger charge is 2.22. The lowest BCUT2D eigenvalue weighted by Gasteiger charge is -2.34. The van der Waals surface area contributed by atoms with Crippen molar-refractivity contribution in [2.45, 2.75) is 13.0 Å². The summed E-state index contributed by atoms with van der Waals surface area (Å²) in [4.78, 5) is 21.7. The molecule has 1 aromatic heterocycles. The molecule has 1 fully saturated rings. The van der Waals surface area contributed by atoms with Crippen molar-refractivity contribution in [1.82, 2.24) is 14.8 Å². The average Bonchev–Trinajstić information content (AvgIpc) is 3.24. The summed E-state index contributed by atoms with van der Waals surface area (Å²) in [7, 11) is 1.67. The zero-order chi connectivity index (χ0) is 20.9. The third-order valence-corrected chi connectivity index (χ3v) is 6.52. The van der Waals surface area contributed by atoms with Crippen molar-refractivity contribution in [3.05, 3.63) is 69.5 Å². The summed E-state index contributed by atoms with van der Waals surface area (Å²) in [6.45, 7) is 3.99.